The van der Waals surface area contributed by atoms with E-state index >= 15 is 0 Å². The van der Waals surface area contributed by atoms with E-state index in [4.69, 9.17) is 10.3 Å². The molecule has 1 aliphatic rings. The fourth-order valence-corrected chi connectivity index (χ4v) is 2.32. The molecule has 2 rings (SSSR count). The second-order valence-corrected chi connectivity index (χ2v) is 4.35. The first-order valence-corrected chi connectivity index (χ1v) is 5.65. The van der Waals surface area contributed by atoms with Gasteiger partial charge in [-0.25, -0.2) is 0 Å². The van der Waals surface area contributed by atoms with Gasteiger partial charge in [0, 0.05) is 12.1 Å². The number of nitrogens with zero attached hydrogens (tertiary/aromatic N) is 1. The van der Waals surface area contributed by atoms with E-state index in [1.807, 2.05) is 13.0 Å². The molecule has 4 nitrogen and oxygen atoms in total. The third-order valence-corrected chi connectivity index (χ3v) is 3.18. The van der Waals surface area contributed by atoms with Crippen molar-refractivity contribution in [3.05, 3.63) is 17.5 Å². The highest BCUT2D eigenvalue weighted by molar-refractivity contribution is 5.03. The molecule has 0 radical (unpaired) electrons. The summed E-state index contributed by atoms with van der Waals surface area (Å²) in [7, 11) is 0. The standard InChI is InChI=1S/C11H19N3O/c1-8-5-10(15-14-8)7-13-11-4-2-3-9(11)6-12/h5,9,11,13H,2-4,6-7,12H2,1H3. The van der Waals surface area contributed by atoms with E-state index in [1.165, 1.54) is 19.3 Å². The topological polar surface area (TPSA) is 64.1 Å². The van der Waals surface area contributed by atoms with Crippen LogP contribution in [0, 0.1) is 12.8 Å². The van der Waals surface area contributed by atoms with E-state index < -0.39 is 0 Å². The normalized spacial score (nSPS) is 26.0. The van der Waals surface area contributed by atoms with Crippen LogP contribution in [-0.2, 0) is 6.54 Å². The van der Waals surface area contributed by atoms with Crippen molar-refractivity contribution in [3.63, 3.8) is 0 Å². The first-order chi connectivity index (χ1) is 7.29. The Morgan fingerprint density at radius 3 is 3.13 bits per heavy atom. The van der Waals surface area contributed by atoms with Gasteiger partial charge in [0.25, 0.3) is 0 Å². The van der Waals surface area contributed by atoms with Gasteiger partial charge >= 0.3 is 0 Å². The van der Waals surface area contributed by atoms with E-state index in [0.29, 0.717) is 12.0 Å². The number of hydrogen-bond acceptors (Lipinski definition) is 4. The van der Waals surface area contributed by atoms with Crippen LogP contribution in [0.5, 0.6) is 0 Å². The first-order valence-electron chi connectivity index (χ1n) is 5.65. The lowest BCUT2D eigenvalue weighted by molar-refractivity contribution is 0.342. The molecule has 1 aromatic rings. The molecule has 2 unspecified atom stereocenters. The minimum Gasteiger partial charge on any atom is -0.360 e. The highest BCUT2D eigenvalue weighted by Gasteiger charge is 2.25. The molecule has 2 atom stereocenters. The summed E-state index contributed by atoms with van der Waals surface area (Å²) in [6.45, 7) is 3.49. The minimum absolute atomic E-state index is 0.556. The SMILES string of the molecule is Cc1cc(CNC2CCCC2CN)on1. The van der Waals surface area contributed by atoms with Gasteiger partial charge in [0.1, 0.15) is 0 Å². The Balaban J connectivity index is 1.82. The van der Waals surface area contributed by atoms with Crippen molar-refractivity contribution in [1.82, 2.24) is 10.5 Å². The van der Waals surface area contributed by atoms with Crippen molar-refractivity contribution in [3.8, 4) is 0 Å². The highest BCUT2D eigenvalue weighted by Crippen LogP contribution is 2.24. The Morgan fingerprint density at radius 1 is 1.60 bits per heavy atom. The molecule has 0 aliphatic heterocycles. The predicted molar refractivity (Wildman–Crippen MR) is 58.3 cm³/mol. The lowest BCUT2D eigenvalue weighted by Crippen LogP contribution is -2.35. The van der Waals surface area contributed by atoms with Gasteiger partial charge in [-0.3, -0.25) is 0 Å². The first kappa shape index (κ1) is 10.6. The van der Waals surface area contributed by atoms with Crippen LogP contribution >= 0.6 is 0 Å². The van der Waals surface area contributed by atoms with Crippen molar-refractivity contribution in [1.29, 1.82) is 0 Å². The van der Waals surface area contributed by atoms with E-state index in [0.717, 1.165) is 24.5 Å². The fourth-order valence-electron chi connectivity index (χ4n) is 2.32. The second-order valence-electron chi connectivity index (χ2n) is 4.35. The van der Waals surface area contributed by atoms with Crippen LogP contribution in [0.1, 0.15) is 30.7 Å². The Morgan fingerprint density at radius 2 is 2.47 bits per heavy atom. The van der Waals surface area contributed by atoms with Gasteiger partial charge in [-0.05, 0) is 32.2 Å². The summed E-state index contributed by atoms with van der Waals surface area (Å²) in [4.78, 5) is 0. The molecule has 0 aromatic carbocycles. The molecule has 1 fully saturated rings. The Bertz CT molecular complexity index is 311. The lowest BCUT2D eigenvalue weighted by Gasteiger charge is -2.18. The van der Waals surface area contributed by atoms with Crippen molar-refractivity contribution < 1.29 is 4.52 Å². The number of aromatic nitrogens is 1. The highest BCUT2D eigenvalue weighted by atomic mass is 16.5. The number of hydrogen-bond donors (Lipinski definition) is 2. The molecule has 0 bridgehead atoms. The zero-order valence-electron chi connectivity index (χ0n) is 9.20. The maximum atomic E-state index is 5.72. The van der Waals surface area contributed by atoms with Gasteiger partial charge in [-0.2, -0.15) is 0 Å². The van der Waals surface area contributed by atoms with E-state index in [-0.39, 0.29) is 0 Å². The Kier molecular flexibility index (Phi) is 3.38. The van der Waals surface area contributed by atoms with Crippen LogP contribution in [0.25, 0.3) is 0 Å². The predicted octanol–water partition coefficient (Wildman–Crippen LogP) is 1.20. The van der Waals surface area contributed by atoms with Crippen LogP contribution in [0.3, 0.4) is 0 Å². The third kappa shape index (κ3) is 2.58. The molecule has 0 spiro atoms. The van der Waals surface area contributed by atoms with Gasteiger partial charge < -0.3 is 15.6 Å². The van der Waals surface area contributed by atoms with Crippen LogP contribution in [0.2, 0.25) is 0 Å². The summed E-state index contributed by atoms with van der Waals surface area (Å²) >= 11 is 0. The quantitative estimate of drug-likeness (QED) is 0.782. The van der Waals surface area contributed by atoms with Gasteiger partial charge in [-0.1, -0.05) is 11.6 Å². The van der Waals surface area contributed by atoms with Crippen LogP contribution in [0.15, 0.2) is 10.6 Å². The van der Waals surface area contributed by atoms with Gasteiger partial charge in [-0.15, -0.1) is 0 Å². The number of nitrogens with two attached hydrogens (primary N) is 1. The Labute approximate surface area is 90.2 Å². The van der Waals surface area contributed by atoms with Crippen LogP contribution in [-0.4, -0.2) is 17.7 Å². The average molecular weight is 209 g/mol. The van der Waals surface area contributed by atoms with E-state index in [2.05, 4.69) is 10.5 Å². The molecule has 0 amide bonds. The molecule has 0 saturated heterocycles. The third-order valence-electron chi connectivity index (χ3n) is 3.18. The average Bonchev–Trinajstić information content (AvgIpc) is 2.83. The van der Waals surface area contributed by atoms with Crippen LogP contribution in [0.4, 0.5) is 0 Å². The summed E-state index contributed by atoms with van der Waals surface area (Å²) in [6, 6.07) is 2.53. The molecule has 1 aliphatic carbocycles. The summed E-state index contributed by atoms with van der Waals surface area (Å²) < 4.78 is 5.15. The molecule has 84 valence electrons. The largest absolute Gasteiger partial charge is 0.360 e. The molecule has 1 aromatic heterocycles. The zero-order valence-corrected chi connectivity index (χ0v) is 9.20. The summed E-state index contributed by atoms with van der Waals surface area (Å²) in [5.41, 5.74) is 6.66. The van der Waals surface area contributed by atoms with Crippen molar-refractivity contribution in [2.45, 2.75) is 38.8 Å². The van der Waals surface area contributed by atoms with Gasteiger partial charge in [0.05, 0.1) is 12.2 Å². The number of nitrogens with one attached hydrogen (secondary N) is 1. The molecular formula is C11H19N3O. The minimum atomic E-state index is 0.556. The molecule has 3 N–H and O–H groups in total. The molecule has 15 heavy (non-hydrogen) atoms. The number of aryl methyl sites for hydroxylation is 1. The van der Waals surface area contributed by atoms with Gasteiger partial charge in [0.15, 0.2) is 5.76 Å². The summed E-state index contributed by atoms with van der Waals surface area (Å²) in [5, 5.41) is 7.36. The monoisotopic (exact) mass is 209 g/mol. The zero-order chi connectivity index (χ0) is 10.7. The van der Waals surface area contributed by atoms with Crippen molar-refractivity contribution in [2.24, 2.45) is 11.7 Å². The van der Waals surface area contributed by atoms with E-state index in [9.17, 15) is 0 Å². The summed E-state index contributed by atoms with van der Waals surface area (Å²) in [5.74, 6) is 1.55. The Hall–Kier alpha value is -0.870. The molecular weight excluding hydrogens is 190 g/mol. The maximum Gasteiger partial charge on any atom is 0.150 e. The smallest absolute Gasteiger partial charge is 0.150 e. The fraction of sp³-hybridized carbons (Fsp3) is 0.727. The summed E-state index contributed by atoms with van der Waals surface area (Å²) in [6.07, 6.45) is 3.77. The lowest BCUT2D eigenvalue weighted by atomic mass is 10.0. The van der Waals surface area contributed by atoms with Gasteiger partial charge in [0.2, 0.25) is 0 Å². The maximum absolute atomic E-state index is 5.72. The molecule has 1 heterocycles. The van der Waals surface area contributed by atoms with Crippen molar-refractivity contribution in [2.75, 3.05) is 6.54 Å². The van der Waals surface area contributed by atoms with Crippen molar-refractivity contribution >= 4 is 0 Å². The number of rotatable bonds is 4. The van der Waals surface area contributed by atoms with Crippen LogP contribution < -0.4 is 11.1 Å². The molecule has 4 heteroatoms. The van der Waals surface area contributed by atoms with E-state index in [1.54, 1.807) is 0 Å². The second kappa shape index (κ2) is 4.77. The molecule has 1 saturated carbocycles.